The lowest BCUT2D eigenvalue weighted by atomic mass is 9.96. The Labute approximate surface area is 116 Å². The first-order valence-electron chi connectivity index (χ1n) is 5.64. The molecule has 0 aliphatic carbocycles. The average molecular weight is 294 g/mol. The van der Waals surface area contributed by atoms with Gasteiger partial charge in [-0.25, -0.2) is 0 Å². The SMILES string of the molecule is CC(=O)OC1C(SCS)OC[C@H](OC(C)=O)[C@@H]1C. The van der Waals surface area contributed by atoms with Crippen LogP contribution in [0.4, 0.5) is 0 Å². The van der Waals surface area contributed by atoms with Crippen LogP contribution in [0.3, 0.4) is 0 Å². The quantitative estimate of drug-likeness (QED) is 0.481. The first-order valence-corrected chi connectivity index (χ1v) is 7.32. The van der Waals surface area contributed by atoms with E-state index in [2.05, 4.69) is 12.6 Å². The van der Waals surface area contributed by atoms with Gasteiger partial charge in [0.25, 0.3) is 0 Å². The van der Waals surface area contributed by atoms with Crippen LogP contribution >= 0.6 is 24.4 Å². The molecular formula is C11H18O5S2. The van der Waals surface area contributed by atoms with Gasteiger partial charge >= 0.3 is 11.9 Å². The van der Waals surface area contributed by atoms with Gasteiger partial charge in [0.2, 0.25) is 0 Å². The molecule has 1 fully saturated rings. The summed E-state index contributed by atoms with van der Waals surface area (Å²) in [7, 11) is 0. The molecule has 0 aromatic carbocycles. The number of esters is 2. The lowest BCUT2D eigenvalue weighted by Gasteiger charge is -2.39. The molecule has 4 atom stereocenters. The zero-order chi connectivity index (χ0) is 13.7. The Hall–Kier alpha value is -0.400. The van der Waals surface area contributed by atoms with Crippen molar-refractivity contribution in [3.05, 3.63) is 0 Å². The van der Waals surface area contributed by atoms with Crippen LogP contribution in [0, 0.1) is 5.92 Å². The second-order valence-corrected chi connectivity index (χ2v) is 5.91. The van der Waals surface area contributed by atoms with E-state index in [9.17, 15) is 9.59 Å². The van der Waals surface area contributed by atoms with Crippen molar-refractivity contribution in [2.75, 3.05) is 11.7 Å². The average Bonchev–Trinajstić information content (AvgIpc) is 2.26. The number of hydrogen-bond donors (Lipinski definition) is 1. The summed E-state index contributed by atoms with van der Waals surface area (Å²) < 4.78 is 16.0. The van der Waals surface area contributed by atoms with Crippen LogP contribution < -0.4 is 0 Å². The molecule has 0 bridgehead atoms. The van der Waals surface area contributed by atoms with Gasteiger partial charge in [0.05, 0.1) is 6.61 Å². The fraction of sp³-hybridized carbons (Fsp3) is 0.818. The van der Waals surface area contributed by atoms with Crippen molar-refractivity contribution < 1.29 is 23.8 Å². The van der Waals surface area contributed by atoms with E-state index in [1.54, 1.807) is 0 Å². The highest BCUT2D eigenvalue weighted by Crippen LogP contribution is 2.32. The molecule has 0 N–H and O–H groups in total. The lowest BCUT2D eigenvalue weighted by Crippen LogP contribution is -2.50. The van der Waals surface area contributed by atoms with Gasteiger partial charge in [-0.2, -0.15) is 12.6 Å². The fourth-order valence-corrected chi connectivity index (χ4v) is 3.08. The monoisotopic (exact) mass is 294 g/mol. The van der Waals surface area contributed by atoms with E-state index in [1.807, 2.05) is 6.92 Å². The van der Waals surface area contributed by atoms with Gasteiger partial charge in [0, 0.05) is 24.9 Å². The summed E-state index contributed by atoms with van der Waals surface area (Å²) in [5.41, 5.74) is -0.270. The molecule has 0 radical (unpaired) electrons. The van der Waals surface area contributed by atoms with Gasteiger partial charge in [-0.05, 0) is 0 Å². The van der Waals surface area contributed by atoms with E-state index >= 15 is 0 Å². The van der Waals surface area contributed by atoms with Crippen LogP contribution in [-0.4, -0.2) is 41.3 Å². The molecule has 1 aliphatic heterocycles. The molecule has 0 spiro atoms. The minimum absolute atomic E-state index is 0.107. The van der Waals surface area contributed by atoms with Gasteiger partial charge in [-0.3, -0.25) is 9.59 Å². The molecule has 0 aromatic heterocycles. The van der Waals surface area contributed by atoms with Gasteiger partial charge in [-0.15, -0.1) is 11.8 Å². The maximum absolute atomic E-state index is 11.1. The van der Waals surface area contributed by atoms with E-state index < -0.39 is 6.10 Å². The summed E-state index contributed by atoms with van der Waals surface area (Å²) in [5, 5.41) is 0.563. The van der Waals surface area contributed by atoms with E-state index in [-0.39, 0.29) is 29.4 Å². The Bertz CT molecular complexity index is 310. The molecule has 0 saturated carbocycles. The van der Waals surface area contributed by atoms with Crippen LogP contribution in [0.15, 0.2) is 0 Å². The first-order chi connectivity index (χ1) is 8.45. The minimum atomic E-state index is -0.433. The molecule has 0 aromatic rings. The maximum Gasteiger partial charge on any atom is 0.303 e. The summed E-state index contributed by atoms with van der Waals surface area (Å²) in [6.45, 7) is 4.90. The van der Waals surface area contributed by atoms with Crippen LogP contribution in [0.1, 0.15) is 20.8 Å². The van der Waals surface area contributed by atoms with E-state index in [0.717, 1.165) is 0 Å². The second-order valence-electron chi connectivity index (χ2n) is 4.08. The zero-order valence-electron chi connectivity index (χ0n) is 10.6. The van der Waals surface area contributed by atoms with Crippen molar-refractivity contribution in [1.29, 1.82) is 0 Å². The van der Waals surface area contributed by atoms with Crippen LogP contribution in [0.5, 0.6) is 0 Å². The number of thioether (sulfide) groups is 1. The predicted molar refractivity (Wildman–Crippen MR) is 71.5 cm³/mol. The van der Waals surface area contributed by atoms with Crippen molar-refractivity contribution in [2.24, 2.45) is 5.92 Å². The van der Waals surface area contributed by atoms with Gasteiger partial charge in [0.15, 0.2) is 0 Å². The standard InChI is InChI=1S/C11H18O5S2/c1-6-9(15-7(2)12)4-14-11(18-5-17)10(6)16-8(3)13/h6,9-11,17H,4-5H2,1-3H3/t6-,9-,10?,11?/m0/s1. The highest BCUT2D eigenvalue weighted by atomic mass is 32.2. The number of ether oxygens (including phenoxy) is 3. The van der Waals surface area contributed by atoms with Crippen molar-refractivity contribution in [3.8, 4) is 0 Å². The molecule has 18 heavy (non-hydrogen) atoms. The topological polar surface area (TPSA) is 61.8 Å². The van der Waals surface area contributed by atoms with Crippen LogP contribution in [0.25, 0.3) is 0 Å². The number of thiol groups is 1. The zero-order valence-corrected chi connectivity index (χ0v) is 12.3. The summed E-state index contributed by atoms with van der Waals surface area (Å²) in [6, 6.07) is 0. The Balaban J connectivity index is 2.73. The van der Waals surface area contributed by atoms with E-state index in [1.165, 1.54) is 25.6 Å². The Morgan fingerprint density at radius 3 is 2.44 bits per heavy atom. The third-order valence-corrected chi connectivity index (χ3v) is 3.98. The highest BCUT2D eigenvalue weighted by Gasteiger charge is 2.41. The molecule has 2 unspecified atom stereocenters. The van der Waals surface area contributed by atoms with Crippen molar-refractivity contribution in [2.45, 2.75) is 38.4 Å². The number of carbonyl (C=O) groups is 2. The molecule has 5 nitrogen and oxygen atoms in total. The molecule has 1 heterocycles. The minimum Gasteiger partial charge on any atom is -0.460 e. The van der Waals surface area contributed by atoms with E-state index in [4.69, 9.17) is 14.2 Å². The Kier molecular flexibility index (Phi) is 6.31. The molecule has 104 valence electrons. The predicted octanol–water partition coefficient (Wildman–Crippen LogP) is 1.46. The smallest absolute Gasteiger partial charge is 0.303 e. The maximum atomic E-state index is 11.1. The molecule has 7 heteroatoms. The Morgan fingerprint density at radius 2 is 1.94 bits per heavy atom. The van der Waals surface area contributed by atoms with Crippen molar-refractivity contribution in [3.63, 3.8) is 0 Å². The van der Waals surface area contributed by atoms with Crippen LogP contribution in [0.2, 0.25) is 0 Å². The van der Waals surface area contributed by atoms with Gasteiger partial charge in [0.1, 0.15) is 17.6 Å². The highest BCUT2D eigenvalue weighted by molar-refractivity contribution is 8.09. The summed E-state index contributed by atoms with van der Waals surface area (Å²) in [5.74, 6) is -0.843. The lowest BCUT2D eigenvalue weighted by molar-refractivity contribution is -0.184. The van der Waals surface area contributed by atoms with Crippen molar-refractivity contribution >= 4 is 36.3 Å². The third kappa shape index (κ3) is 4.37. The van der Waals surface area contributed by atoms with Gasteiger partial charge < -0.3 is 14.2 Å². The molecular weight excluding hydrogens is 276 g/mol. The normalized spacial score (nSPS) is 31.8. The summed E-state index contributed by atoms with van der Waals surface area (Å²) in [6.07, 6.45) is -0.818. The molecule has 1 aliphatic rings. The summed E-state index contributed by atoms with van der Waals surface area (Å²) in [4.78, 5) is 22.1. The summed E-state index contributed by atoms with van der Waals surface area (Å²) >= 11 is 5.58. The third-order valence-electron chi connectivity index (χ3n) is 2.66. The van der Waals surface area contributed by atoms with Crippen molar-refractivity contribution in [1.82, 2.24) is 0 Å². The molecule has 0 amide bonds. The Morgan fingerprint density at radius 1 is 1.33 bits per heavy atom. The second kappa shape index (κ2) is 7.25. The first kappa shape index (κ1) is 15.7. The number of hydrogen-bond acceptors (Lipinski definition) is 7. The van der Waals surface area contributed by atoms with Crippen LogP contribution in [-0.2, 0) is 23.8 Å². The number of rotatable bonds is 4. The van der Waals surface area contributed by atoms with Gasteiger partial charge in [-0.1, -0.05) is 6.92 Å². The van der Waals surface area contributed by atoms with E-state index in [0.29, 0.717) is 11.7 Å². The largest absolute Gasteiger partial charge is 0.460 e. The molecule has 1 rings (SSSR count). The molecule has 1 saturated heterocycles. The number of carbonyl (C=O) groups excluding carboxylic acids is 2. The fourth-order valence-electron chi connectivity index (χ4n) is 1.82.